The minimum absolute atomic E-state index is 0.341. The van der Waals surface area contributed by atoms with Crippen LogP contribution in [0.3, 0.4) is 0 Å². The Morgan fingerprint density at radius 1 is 1.15 bits per heavy atom. The maximum absolute atomic E-state index is 12.7. The number of anilines is 2. The van der Waals surface area contributed by atoms with Crippen LogP contribution in [-0.4, -0.2) is 6.03 Å². The normalized spacial score (nSPS) is 9.65. The monoisotopic (exact) mass is 333 g/mol. The fourth-order valence-electron chi connectivity index (χ4n) is 1.54. The minimum Gasteiger partial charge on any atom is -0.308 e. The van der Waals surface area contributed by atoms with E-state index in [1.807, 2.05) is 6.07 Å². The Bertz CT molecular complexity index is 680. The van der Waals surface area contributed by atoms with E-state index in [1.54, 1.807) is 18.2 Å². The van der Waals surface area contributed by atoms with Crippen LogP contribution in [0.2, 0.25) is 0 Å². The zero-order valence-electron chi connectivity index (χ0n) is 10.2. The summed E-state index contributed by atoms with van der Waals surface area (Å²) >= 11 is 3.25. The Labute approximate surface area is 123 Å². The molecule has 0 aliphatic rings. The Morgan fingerprint density at radius 2 is 1.85 bits per heavy atom. The van der Waals surface area contributed by atoms with Gasteiger partial charge in [-0.25, -0.2) is 9.18 Å². The molecular weight excluding hydrogens is 325 g/mol. The van der Waals surface area contributed by atoms with Crippen molar-refractivity contribution in [2.75, 3.05) is 10.6 Å². The largest absolute Gasteiger partial charge is 0.323 e. The summed E-state index contributed by atoms with van der Waals surface area (Å²) in [6.07, 6.45) is 0. The molecule has 0 saturated heterocycles. The maximum atomic E-state index is 12.7. The molecule has 6 heteroatoms. The topological polar surface area (TPSA) is 64.9 Å². The molecule has 0 aliphatic carbocycles. The van der Waals surface area contributed by atoms with Crippen molar-refractivity contribution < 1.29 is 9.18 Å². The summed E-state index contributed by atoms with van der Waals surface area (Å²) in [5.41, 5.74) is 1.20. The van der Waals surface area contributed by atoms with E-state index in [2.05, 4.69) is 26.6 Å². The van der Waals surface area contributed by atoms with Gasteiger partial charge >= 0.3 is 6.03 Å². The van der Waals surface area contributed by atoms with Crippen molar-refractivity contribution >= 4 is 33.3 Å². The first-order valence-corrected chi connectivity index (χ1v) is 6.41. The number of nitrogens with one attached hydrogen (secondary N) is 2. The number of benzene rings is 2. The molecule has 0 fully saturated rings. The van der Waals surface area contributed by atoms with Gasteiger partial charge in [-0.2, -0.15) is 5.26 Å². The van der Waals surface area contributed by atoms with E-state index in [0.717, 1.165) is 4.47 Å². The summed E-state index contributed by atoms with van der Waals surface area (Å²) in [6, 6.07) is 11.8. The number of carbonyl (C=O) groups excluding carboxylic acids is 1. The molecule has 0 aliphatic heterocycles. The lowest BCUT2D eigenvalue weighted by atomic mass is 10.2. The van der Waals surface area contributed by atoms with Crippen molar-refractivity contribution in [2.24, 2.45) is 0 Å². The van der Waals surface area contributed by atoms with Crippen LogP contribution in [-0.2, 0) is 0 Å². The molecule has 2 aromatic rings. The number of nitriles is 1. The summed E-state index contributed by atoms with van der Waals surface area (Å²) in [4.78, 5) is 11.8. The first-order valence-electron chi connectivity index (χ1n) is 5.62. The van der Waals surface area contributed by atoms with E-state index in [9.17, 15) is 9.18 Å². The maximum Gasteiger partial charge on any atom is 0.323 e. The Morgan fingerprint density at radius 3 is 2.50 bits per heavy atom. The summed E-state index contributed by atoms with van der Waals surface area (Å²) < 4.78 is 13.5. The van der Waals surface area contributed by atoms with Crippen LogP contribution >= 0.6 is 15.9 Å². The average molecular weight is 334 g/mol. The lowest BCUT2D eigenvalue weighted by molar-refractivity contribution is 0.262. The van der Waals surface area contributed by atoms with E-state index in [-0.39, 0.29) is 5.82 Å². The highest BCUT2D eigenvalue weighted by Gasteiger charge is 2.07. The molecule has 0 atom stereocenters. The molecule has 0 radical (unpaired) electrons. The lowest BCUT2D eigenvalue weighted by Gasteiger charge is -2.09. The molecule has 0 unspecified atom stereocenters. The molecular formula is C14H9BrFN3O. The van der Waals surface area contributed by atoms with Gasteiger partial charge < -0.3 is 10.6 Å². The van der Waals surface area contributed by atoms with Crippen molar-refractivity contribution in [1.82, 2.24) is 0 Å². The number of amides is 2. The summed E-state index contributed by atoms with van der Waals surface area (Å²) in [6.45, 7) is 0. The standard InChI is InChI=1S/C14H9BrFN3O/c15-10-1-6-13(9(7-10)8-17)19-14(20)18-12-4-2-11(16)3-5-12/h1-7H,(H2,18,19,20). The van der Waals surface area contributed by atoms with Crippen LogP contribution in [0.25, 0.3) is 0 Å². The molecule has 20 heavy (non-hydrogen) atoms. The smallest absolute Gasteiger partial charge is 0.308 e. The van der Waals surface area contributed by atoms with Crippen LogP contribution < -0.4 is 10.6 Å². The van der Waals surface area contributed by atoms with Crippen LogP contribution in [0.5, 0.6) is 0 Å². The Balaban J connectivity index is 2.09. The van der Waals surface area contributed by atoms with Crippen molar-refractivity contribution in [2.45, 2.75) is 0 Å². The molecule has 100 valence electrons. The first-order chi connectivity index (χ1) is 9.58. The fourth-order valence-corrected chi connectivity index (χ4v) is 1.90. The van der Waals surface area contributed by atoms with Crippen molar-refractivity contribution in [3.63, 3.8) is 0 Å². The summed E-state index contributed by atoms with van der Waals surface area (Å²) in [7, 11) is 0. The third-order valence-electron chi connectivity index (χ3n) is 2.45. The van der Waals surface area contributed by atoms with Crippen LogP contribution in [0, 0.1) is 17.1 Å². The molecule has 0 saturated carbocycles. The van der Waals surface area contributed by atoms with Crippen LogP contribution in [0.15, 0.2) is 46.9 Å². The van der Waals surface area contributed by atoms with Gasteiger partial charge in [0.2, 0.25) is 0 Å². The molecule has 0 heterocycles. The highest BCUT2D eigenvalue weighted by atomic mass is 79.9. The quantitative estimate of drug-likeness (QED) is 0.868. The molecule has 2 amide bonds. The second kappa shape index (κ2) is 6.17. The average Bonchev–Trinajstić information content (AvgIpc) is 2.43. The molecule has 0 spiro atoms. The molecule has 2 aromatic carbocycles. The Hall–Kier alpha value is -2.39. The predicted molar refractivity (Wildman–Crippen MR) is 77.9 cm³/mol. The number of hydrogen-bond donors (Lipinski definition) is 2. The van der Waals surface area contributed by atoms with Gasteiger partial charge in [0.25, 0.3) is 0 Å². The van der Waals surface area contributed by atoms with Crippen LogP contribution in [0.4, 0.5) is 20.6 Å². The van der Waals surface area contributed by atoms with Gasteiger partial charge in [-0.15, -0.1) is 0 Å². The Kier molecular flexibility index (Phi) is 4.33. The SMILES string of the molecule is N#Cc1cc(Br)ccc1NC(=O)Nc1ccc(F)cc1. The lowest BCUT2D eigenvalue weighted by Crippen LogP contribution is -2.20. The van der Waals surface area contributed by atoms with Gasteiger partial charge in [-0.05, 0) is 42.5 Å². The number of urea groups is 1. The second-order valence-corrected chi connectivity index (χ2v) is 4.80. The van der Waals surface area contributed by atoms with E-state index < -0.39 is 6.03 Å². The van der Waals surface area contributed by atoms with Gasteiger partial charge in [0.05, 0.1) is 11.3 Å². The van der Waals surface area contributed by atoms with Crippen molar-refractivity contribution in [3.8, 4) is 6.07 Å². The van der Waals surface area contributed by atoms with E-state index in [0.29, 0.717) is 16.9 Å². The third-order valence-corrected chi connectivity index (χ3v) is 2.95. The highest BCUT2D eigenvalue weighted by Crippen LogP contribution is 2.20. The number of halogens is 2. The molecule has 2 rings (SSSR count). The van der Waals surface area contributed by atoms with E-state index in [1.165, 1.54) is 24.3 Å². The zero-order valence-corrected chi connectivity index (χ0v) is 11.7. The van der Waals surface area contributed by atoms with Gasteiger partial charge in [0.1, 0.15) is 11.9 Å². The number of hydrogen-bond acceptors (Lipinski definition) is 2. The molecule has 2 N–H and O–H groups in total. The number of carbonyl (C=O) groups is 1. The van der Waals surface area contributed by atoms with Crippen molar-refractivity contribution in [3.05, 3.63) is 58.3 Å². The van der Waals surface area contributed by atoms with Crippen LogP contribution in [0.1, 0.15) is 5.56 Å². The highest BCUT2D eigenvalue weighted by molar-refractivity contribution is 9.10. The van der Waals surface area contributed by atoms with Crippen molar-refractivity contribution in [1.29, 1.82) is 5.26 Å². The number of nitrogens with zero attached hydrogens (tertiary/aromatic N) is 1. The van der Waals surface area contributed by atoms with Gasteiger partial charge in [-0.1, -0.05) is 15.9 Å². The van der Waals surface area contributed by atoms with E-state index >= 15 is 0 Å². The fraction of sp³-hybridized carbons (Fsp3) is 0. The molecule has 0 bridgehead atoms. The minimum atomic E-state index is -0.504. The second-order valence-electron chi connectivity index (χ2n) is 3.89. The van der Waals surface area contributed by atoms with Gasteiger partial charge in [0.15, 0.2) is 0 Å². The predicted octanol–water partition coefficient (Wildman–Crippen LogP) is 4.10. The summed E-state index contributed by atoms with van der Waals surface area (Å²) in [5, 5.41) is 14.1. The molecule has 4 nitrogen and oxygen atoms in total. The summed E-state index contributed by atoms with van der Waals surface area (Å²) in [5.74, 6) is -0.379. The first kappa shape index (κ1) is 14.0. The van der Waals surface area contributed by atoms with Gasteiger partial charge in [-0.3, -0.25) is 0 Å². The zero-order chi connectivity index (χ0) is 14.5. The molecule has 0 aromatic heterocycles. The third kappa shape index (κ3) is 3.56. The number of rotatable bonds is 2. The van der Waals surface area contributed by atoms with E-state index in [4.69, 9.17) is 5.26 Å². The van der Waals surface area contributed by atoms with Gasteiger partial charge in [0, 0.05) is 10.2 Å².